The molecule has 2 unspecified atom stereocenters. The standard InChI is InChI=1S/C19H21NO4/c1-20(17-8-4-6-13-5-2-3-7-16(13)17)19(23)14-11-15(24-12-14)9-10-18(21)22/h2-8,14-15H,9-12H2,1H3,(H,21,22). The number of carboxylic acids is 1. The van der Waals surface area contributed by atoms with Gasteiger partial charge < -0.3 is 14.7 Å². The van der Waals surface area contributed by atoms with Crippen molar-refractivity contribution < 1.29 is 19.4 Å². The van der Waals surface area contributed by atoms with Crippen LogP contribution in [0.2, 0.25) is 0 Å². The summed E-state index contributed by atoms with van der Waals surface area (Å²) in [7, 11) is 1.79. The molecule has 5 nitrogen and oxygen atoms in total. The summed E-state index contributed by atoms with van der Waals surface area (Å²) in [5, 5.41) is 10.9. The molecule has 2 aromatic carbocycles. The number of aliphatic carboxylic acids is 1. The minimum Gasteiger partial charge on any atom is -0.481 e. The zero-order valence-corrected chi connectivity index (χ0v) is 13.6. The number of carbonyl (C=O) groups excluding carboxylic acids is 1. The second kappa shape index (κ2) is 7.01. The lowest BCUT2D eigenvalue weighted by Gasteiger charge is -2.22. The number of ether oxygens (including phenoxy) is 1. The smallest absolute Gasteiger partial charge is 0.303 e. The highest BCUT2D eigenvalue weighted by Gasteiger charge is 2.33. The van der Waals surface area contributed by atoms with Gasteiger partial charge in [0.1, 0.15) is 0 Å². The zero-order chi connectivity index (χ0) is 17.1. The third kappa shape index (κ3) is 3.41. The Morgan fingerprint density at radius 2 is 1.96 bits per heavy atom. The van der Waals surface area contributed by atoms with Crippen LogP contribution < -0.4 is 4.90 Å². The van der Waals surface area contributed by atoms with E-state index in [1.807, 2.05) is 42.5 Å². The molecule has 0 saturated carbocycles. The maximum absolute atomic E-state index is 12.8. The Morgan fingerprint density at radius 3 is 2.75 bits per heavy atom. The fraction of sp³-hybridized carbons (Fsp3) is 0.368. The number of carbonyl (C=O) groups is 2. The van der Waals surface area contributed by atoms with Crippen LogP contribution in [-0.4, -0.2) is 36.7 Å². The summed E-state index contributed by atoms with van der Waals surface area (Å²) in [5.41, 5.74) is 0.882. The predicted octanol–water partition coefficient (Wildman–Crippen LogP) is 3.07. The van der Waals surface area contributed by atoms with E-state index in [4.69, 9.17) is 9.84 Å². The van der Waals surface area contributed by atoms with Gasteiger partial charge in [0.15, 0.2) is 0 Å². The quantitative estimate of drug-likeness (QED) is 0.916. The van der Waals surface area contributed by atoms with Crippen LogP contribution in [0.5, 0.6) is 0 Å². The van der Waals surface area contributed by atoms with E-state index >= 15 is 0 Å². The summed E-state index contributed by atoms with van der Waals surface area (Å²) in [6.45, 7) is 0.359. The van der Waals surface area contributed by atoms with Crippen LogP contribution in [0.1, 0.15) is 19.3 Å². The molecule has 1 aliphatic rings. The lowest BCUT2D eigenvalue weighted by Crippen LogP contribution is -2.33. The molecule has 1 N–H and O–H groups in total. The van der Waals surface area contributed by atoms with E-state index in [-0.39, 0.29) is 24.3 Å². The molecular weight excluding hydrogens is 306 g/mol. The molecule has 1 aliphatic heterocycles. The van der Waals surface area contributed by atoms with E-state index in [1.54, 1.807) is 11.9 Å². The van der Waals surface area contributed by atoms with Gasteiger partial charge in [0.05, 0.1) is 24.3 Å². The van der Waals surface area contributed by atoms with E-state index in [2.05, 4.69) is 0 Å². The number of hydrogen-bond donors (Lipinski definition) is 1. The third-order valence-electron chi connectivity index (χ3n) is 4.57. The summed E-state index contributed by atoms with van der Waals surface area (Å²) >= 11 is 0. The molecule has 0 bridgehead atoms. The average Bonchev–Trinajstić information content (AvgIpc) is 3.07. The summed E-state index contributed by atoms with van der Waals surface area (Å²) in [6.07, 6.45) is 0.972. The average molecular weight is 327 g/mol. The van der Waals surface area contributed by atoms with E-state index in [0.717, 1.165) is 16.5 Å². The van der Waals surface area contributed by atoms with Crippen LogP contribution in [0.15, 0.2) is 42.5 Å². The number of rotatable bonds is 5. The minimum atomic E-state index is -0.832. The number of amides is 1. The number of fused-ring (bicyclic) bond motifs is 1. The molecular formula is C19H21NO4. The highest BCUT2D eigenvalue weighted by Crippen LogP contribution is 2.30. The van der Waals surface area contributed by atoms with Crippen molar-refractivity contribution in [1.82, 2.24) is 0 Å². The molecule has 2 aromatic rings. The molecule has 2 atom stereocenters. The summed E-state index contributed by atoms with van der Waals surface area (Å²) in [5.74, 6) is -1.03. The number of carboxylic acid groups (broad SMARTS) is 1. The molecule has 0 aliphatic carbocycles. The minimum absolute atomic E-state index is 0.0178. The molecule has 5 heteroatoms. The first-order valence-electron chi connectivity index (χ1n) is 8.15. The van der Waals surface area contributed by atoms with Crippen molar-refractivity contribution >= 4 is 28.3 Å². The Hall–Kier alpha value is -2.40. The molecule has 24 heavy (non-hydrogen) atoms. The monoisotopic (exact) mass is 327 g/mol. The van der Waals surface area contributed by atoms with Gasteiger partial charge in [0, 0.05) is 18.9 Å². The first-order chi connectivity index (χ1) is 11.6. The van der Waals surface area contributed by atoms with Gasteiger partial charge in [0.25, 0.3) is 0 Å². The van der Waals surface area contributed by atoms with Gasteiger partial charge in [0.2, 0.25) is 5.91 Å². The lowest BCUT2D eigenvalue weighted by molar-refractivity contribution is -0.137. The first kappa shape index (κ1) is 16.5. The van der Waals surface area contributed by atoms with Crippen molar-refractivity contribution in [3.63, 3.8) is 0 Å². The highest BCUT2D eigenvalue weighted by molar-refractivity contribution is 6.04. The Bertz CT molecular complexity index is 753. The van der Waals surface area contributed by atoms with Gasteiger partial charge in [-0.15, -0.1) is 0 Å². The molecule has 1 heterocycles. The van der Waals surface area contributed by atoms with Gasteiger partial charge in [-0.2, -0.15) is 0 Å². The van der Waals surface area contributed by atoms with Crippen LogP contribution in [0.25, 0.3) is 10.8 Å². The van der Waals surface area contributed by atoms with E-state index in [1.165, 1.54) is 0 Å². The van der Waals surface area contributed by atoms with Crippen LogP contribution in [0.4, 0.5) is 5.69 Å². The molecule has 1 amide bonds. The molecule has 0 spiro atoms. The third-order valence-corrected chi connectivity index (χ3v) is 4.57. The van der Waals surface area contributed by atoms with Gasteiger partial charge in [-0.1, -0.05) is 36.4 Å². The predicted molar refractivity (Wildman–Crippen MR) is 92.1 cm³/mol. The molecule has 0 aromatic heterocycles. The van der Waals surface area contributed by atoms with Crippen molar-refractivity contribution in [2.75, 3.05) is 18.6 Å². The Labute approximate surface area is 140 Å². The maximum Gasteiger partial charge on any atom is 0.303 e. The van der Waals surface area contributed by atoms with Gasteiger partial charge in [-0.25, -0.2) is 0 Å². The van der Waals surface area contributed by atoms with Crippen molar-refractivity contribution in [3.05, 3.63) is 42.5 Å². The number of hydrogen-bond acceptors (Lipinski definition) is 3. The van der Waals surface area contributed by atoms with Crippen LogP contribution in [0, 0.1) is 5.92 Å². The van der Waals surface area contributed by atoms with E-state index in [9.17, 15) is 9.59 Å². The van der Waals surface area contributed by atoms with Crippen LogP contribution in [-0.2, 0) is 14.3 Å². The van der Waals surface area contributed by atoms with Crippen molar-refractivity contribution in [2.24, 2.45) is 5.92 Å². The van der Waals surface area contributed by atoms with E-state index < -0.39 is 5.97 Å². The van der Waals surface area contributed by atoms with Crippen LogP contribution >= 0.6 is 0 Å². The topological polar surface area (TPSA) is 66.8 Å². The normalized spacial score (nSPS) is 20.2. The fourth-order valence-corrected chi connectivity index (χ4v) is 3.26. The SMILES string of the molecule is CN(C(=O)C1COC(CCC(=O)O)C1)c1cccc2ccccc12. The van der Waals surface area contributed by atoms with Crippen LogP contribution in [0.3, 0.4) is 0 Å². The summed E-state index contributed by atoms with van der Waals surface area (Å²) in [4.78, 5) is 25.2. The molecule has 0 radical (unpaired) electrons. The Balaban J connectivity index is 1.72. The van der Waals surface area contributed by atoms with Crippen molar-refractivity contribution in [2.45, 2.75) is 25.4 Å². The zero-order valence-electron chi connectivity index (χ0n) is 13.6. The van der Waals surface area contributed by atoms with Gasteiger partial charge in [-0.05, 0) is 24.3 Å². The largest absolute Gasteiger partial charge is 0.481 e. The van der Waals surface area contributed by atoms with Crippen molar-refractivity contribution in [1.29, 1.82) is 0 Å². The molecule has 3 rings (SSSR count). The second-order valence-corrected chi connectivity index (χ2v) is 6.22. The number of nitrogens with zero attached hydrogens (tertiary/aromatic N) is 1. The van der Waals surface area contributed by atoms with E-state index in [0.29, 0.717) is 19.4 Å². The lowest BCUT2D eigenvalue weighted by atomic mass is 10.0. The van der Waals surface area contributed by atoms with Crippen molar-refractivity contribution in [3.8, 4) is 0 Å². The second-order valence-electron chi connectivity index (χ2n) is 6.22. The Kier molecular flexibility index (Phi) is 4.81. The molecule has 126 valence electrons. The Morgan fingerprint density at radius 1 is 1.21 bits per heavy atom. The fourth-order valence-electron chi connectivity index (χ4n) is 3.26. The van der Waals surface area contributed by atoms with Gasteiger partial charge in [-0.3, -0.25) is 9.59 Å². The molecule has 1 fully saturated rings. The molecule has 1 saturated heterocycles. The summed E-state index contributed by atoms with van der Waals surface area (Å²) in [6, 6.07) is 13.9. The van der Waals surface area contributed by atoms with Gasteiger partial charge >= 0.3 is 5.97 Å². The number of benzene rings is 2. The number of anilines is 1. The summed E-state index contributed by atoms with van der Waals surface area (Å²) < 4.78 is 5.60. The first-order valence-corrected chi connectivity index (χ1v) is 8.15. The maximum atomic E-state index is 12.8. The highest BCUT2D eigenvalue weighted by atomic mass is 16.5.